The maximum atomic E-state index is 12.4. The summed E-state index contributed by atoms with van der Waals surface area (Å²) in [5.74, 6) is 0.955. The molecule has 0 aliphatic rings. The van der Waals surface area contributed by atoms with Gasteiger partial charge >= 0.3 is 0 Å². The number of ether oxygens (including phenoxy) is 2. The lowest BCUT2D eigenvalue weighted by molar-refractivity contribution is -0.114. The molecule has 2 amide bonds. The first-order valence-electron chi connectivity index (χ1n) is 8.43. The summed E-state index contributed by atoms with van der Waals surface area (Å²) >= 11 is 0. The van der Waals surface area contributed by atoms with E-state index in [-0.39, 0.29) is 17.9 Å². The van der Waals surface area contributed by atoms with Gasteiger partial charge in [-0.1, -0.05) is 6.07 Å². The summed E-state index contributed by atoms with van der Waals surface area (Å²) in [6, 6.07) is 12.1. The van der Waals surface area contributed by atoms with Gasteiger partial charge in [0.1, 0.15) is 0 Å². The van der Waals surface area contributed by atoms with Crippen LogP contribution in [0.2, 0.25) is 0 Å². The van der Waals surface area contributed by atoms with Gasteiger partial charge in [0.25, 0.3) is 5.91 Å². The summed E-state index contributed by atoms with van der Waals surface area (Å²) in [5, 5.41) is 5.62. The summed E-state index contributed by atoms with van der Waals surface area (Å²) < 4.78 is 10.9. The number of rotatable bonds is 7. The zero-order chi connectivity index (χ0) is 19.1. The molecule has 0 aliphatic heterocycles. The Labute approximate surface area is 153 Å². The Kier molecular flexibility index (Phi) is 6.60. The van der Waals surface area contributed by atoms with Crippen LogP contribution in [0.25, 0.3) is 0 Å². The summed E-state index contributed by atoms with van der Waals surface area (Å²) in [6.45, 7) is 5.80. The highest BCUT2D eigenvalue weighted by Gasteiger charge is 2.14. The molecule has 0 saturated heterocycles. The molecule has 0 bridgehead atoms. The SMILES string of the molecule is CCOc1ccc(C(C)NC(=O)c2ccc(NC(C)=O)cc2)cc1OC. The van der Waals surface area contributed by atoms with Gasteiger partial charge < -0.3 is 20.1 Å². The third kappa shape index (κ3) is 4.99. The van der Waals surface area contributed by atoms with Gasteiger partial charge in [-0.05, 0) is 55.8 Å². The van der Waals surface area contributed by atoms with Crippen LogP contribution in [0.1, 0.15) is 42.7 Å². The van der Waals surface area contributed by atoms with Crippen LogP contribution in [0, 0.1) is 0 Å². The minimum atomic E-state index is -0.206. The van der Waals surface area contributed by atoms with Crippen molar-refractivity contribution < 1.29 is 19.1 Å². The van der Waals surface area contributed by atoms with Gasteiger partial charge in [-0.15, -0.1) is 0 Å². The second kappa shape index (κ2) is 8.89. The highest BCUT2D eigenvalue weighted by atomic mass is 16.5. The quantitative estimate of drug-likeness (QED) is 0.795. The van der Waals surface area contributed by atoms with Crippen molar-refractivity contribution in [2.24, 2.45) is 0 Å². The average molecular weight is 356 g/mol. The van der Waals surface area contributed by atoms with Crippen molar-refractivity contribution in [1.29, 1.82) is 0 Å². The molecule has 2 aromatic rings. The van der Waals surface area contributed by atoms with Crippen LogP contribution >= 0.6 is 0 Å². The largest absolute Gasteiger partial charge is 0.493 e. The molecule has 6 heteroatoms. The number of benzene rings is 2. The topological polar surface area (TPSA) is 76.7 Å². The number of hydrogen-bond donors (Lipinski definition) is 2. The second-order valence-corrected chi connectivity index (χ2v) is 5.80. The molecule has 0 aliphatic carbocycles. The summed E-state index contributed by atoms with van der Waals surface area (Å²) in [5.41, 5.74) is 2.08. The molecule has 26 heavy (non-hydrogen) atoms. The van der Waals surface area contributed by atoms with Crippen LogP contribution in [-0.2, 0) is 4.79 Å². The summed E-state index contributed by atoms with van der Waals surface area (Å²) in [7, 11) is 1.58. The van der Waals surface area contributed by atoms with Crippen molar-refractivity contribution in [2.45, 2.75) is 26.8 Å². The molecular weight excluding hydrogens is 332 g/mol. The normalized spacial score (nSPS) is 11.4. The van der Waals surface area contributed by atoms with Crippen molar-refractivity contribution in [3.8, 4) is 11.5 Å². The van der Waals surface area contributed by atoms with Gasteiger partial charge in [0, 0.05) is 18.2 Å². The van der Waals surface area contributed by atoms with Crippen LogP contribution in [0.5, 0.6) is 11.5 Å². The first kappa shape index (κ1) is 19.3. The van der Waals surface area contributed by atoms with E-state index in [4.69, 9.17) is 9.47 Å². The van der Waals surface area contributed by atoms with Gasteiger partial charge in [-0.25, -0.2) is 0 Å². The van der Waals surface area contributed by atoms with Crippen molar-refractivity contribution in [1.82, 2.24) is 5.32 Å². The number of carbonyl (C=O) groups excluding carboxylic acids is 2. The Morgan fingerprint density at radius 3 is 2.35 bits per heavy atom. The smallest absolute Gasteiger partial charge is 0.251 e. The van der Waals surface area contributed by atoms with Crippen molar-refractivity contribution in [3.05, 3.63) is 53.6 Å². The van der Waals surface area contributed by atoms with E-state index in [1.165, 1.54) is 6.92 Å². The van der Waals surface area contributed by atoms with E-state index in [0.29, 0.717) is 29.4 Å². The van der Waals surface area contributed by atoms with Gasteiger partial charge in [0.2, 0.25) is 5.91 Å². The fraction of sp³-hybridized carbons (Fsp3) is 0.300. The predicted octanol–water partition coefficient (Wildman–Crippen LogP) is 3.54. The van der Waals surface area contributed by atoms with Gasteiger partial charge in [0.05, 0.1) is 19.8 Å². The second-order valence-electron chi connectivity index (χ2n) is 5.80. The molecule has 0 aromatic heterocycles. The minimum Gasteiger partial charge on any atom is -0.493 e. The Morgan fingerprint density at radius 2 is 1.77 bits per heavy atom. The lowest BCUT2D eigenvalue weighted by Gasteiger charge is -2.17. The average Bonchev–Trinajstić information content (AvgIpc) is 2.62. The van der Waals surface area contributed by atoms with E-state index in [0.717, 1.165) is 5.56 Å². The first-order chi connectivity index (χ1) is 12.4. The summed E-state index contributed by atoms with van der Waals surface area (Å²) in [4.78, 5) is 23.5. The molecule has 0 spiro atoms. The molecule has 1 atom stereocenters. The van der Waals surface area contributed by atoms with E-state index in [1.54, 1.807) is 31.4 Å². The van der Waals surface area contributed by atoms with Crippen LogP contribution in [0.3, 0.4) is 0 Å². The van der Waals surface area contributed by atoms with E-state index in [1.807, 2.05) is 32.0 Å². The Balaban J connectivity index is 2.07. The number of methoxy groups -OCH3 is 1. The molecule has 0 heterocycles. The van der Waals surface area contributed by atoms with Crippen LogP contribution in [0.4, 0.5) is 5.69 Å². The van der Waals surface area contributed by atoms with Crippen molar-refractivity contribution in [3.63, 3.8) is 0 Å². The maximum absolute atomic E-state index is 12.4. The molecule has 0 fully saturated rings. The third-order valence-electron chi connectivity index (χ3n) is 3.80. The van der Waals surface area contributed by atoms with Gasteiger partial charge in [-0.3, -0.25) is 9.59 Å². The molecule has 1 unspecified atom stereocenters. The molecule has 2 rings (SSSR count). The summed E-state index contributed by atoms with van der Waals surface area (Å²) in [6.07, 6.45) is 0. The fourth-order valence-electron chi connectivity index (χ4n) is 2.50. The van der Waals surface area contributed by atoms with Gasteiger partial charge in [-0.2, -0.15) is 0 Å². The highest BCUT2D eigenvalue weighted by molar-refractivity contribution is 5.95. The number of amides is 2. The van der Waals surface area contributed by atoms with Crippen molar-refractivity contribution in [2.75, 3.05) is 19.0 Å². The third-order valence-corrected chi connectivity index (χ3v) is 3.80. The molecule has 0 radical (unpaired) electrons. The molecule has 2 aromatic carbocycles. The predicted molar refractivity (Wildman–Crippen MR) is 101 cm³/mol. The van der Waals surface area contributed by atoms with E-state index < -0.39 is 0 Å². The van der Waals surface area contributed by atoms with E-state index in [2.05, 4.69) is 10.6 Å². The minimum absolute atomic E-state index is 0.153. The standard InChI is InChI=1S/C20H24N2O4/c1-5-26-18-11-8-16(12-19(18)25-4)13(2)21-20(24)15-6-9-17(10-7-15)22-14(3)23/h6-13H,5H2,1-4H3,(H,21,24)(H,22,23). The number of anilines is 1. The Bertz CT molecular complexity index is 772. The monoisotopic (exact) mass is 356 g/mol. The molecule has 0 saturated carbocycles. The van der Waals surface area contributed by atoms with Crippen molar-refractivity contribution >= 4 is 17.5 Å². The first-order valence-corrected chi connectivity index (χ1v) is 8.43. The van der Waals surface area contributed by atoms with Crippen LogP contribution < -0.4 is 20.1 Å². The Morgan fingerprint density at radius 1 is 1.08 bits per heavy atom. The van der Waals surface area contributed by atoms with Crippen LogP contribution in [0.15, 0.2) is 42.5 Å². The lowest BCUT2D eigenvalue weighted by atomic mass is 10.1. The maximum Gasteiger partial charge on any atom is 0.251 e. The van der Waals surface area contributed by atoms with Gasteiger partial charge in [0.15, 0.2) is 11.5 Å². The van der Waals surface area contributed by atoms with E-state index >= 15 is 0 Å². The molecule has 6 nitrogen and oxygen atoms in total. The fourth-order valence-corrected chi connectivity index (χ4v) is 2.50. The zero-order valence-electron chi connectivity index (χ0n) is 15.5. The number of carbonyl (C=O) groups is 2. The molecule has 138 valence electrons. The Hall–Kier alpha value is -3.02. The molecule has 2 N–H and O–H groups in total. The zero-order valence-corrected chi connectivity index (χ0v) is 15.5. The van der Waals surface area contributed by atoms with Crippen LogP contribution in [-0.4, -0.2) is 25.5 Å². The van der Waals surface area contributed by atoms with E-state index in [9.17, 15) is 9.59 Å². The number of hydrogen-bond acceptors (Lipinski definition) is 4. The molecular formula is C20H24N2O4. The lowest BCUT2D eigenvalue weighted by Crippen LogP contribution is -2.26. The highest BCUT2D eigenvalue weighted by Crippen LogP contribution is 2.30. The number of nitrogens with one attached hydrogen (secondary N) is 2.